The Labute approximate surface area is 242 Å². The quantitative estimate of drug-likeness (QED) is 0.111. The Hall–Kier alpha value is -2.63. The molecule has 4 heterocycles. The van der Waals surface area contributed by atoms with Crippen LogP contribution in [-0.4, -0.2) is 67.2 Å². The summed E-state index contributed by atoms with van der Waals surface area (Å²) in [4.78, 5) is 26.3. The van der Waals surface area contributed by atoms with Crippen LogP contribution in [0, 0.1) is 5.92 Å². The monoisotopic (exact) mass is 582 g/mol. The minimum absolute atomic E-state index is 0.0233. The second kappa shape index (κ2) is 12.9. The molecule has 0 N–H and O–H groups in total. The lowest BCUT2D eigenvalue weighted by molar-refractivity contribution is -0.148. The first-order valence-corrected chi connectivity index (χ1v) is 19.2. The molecule has 1 aliphatic heterocycles. The standard InChI is InChI=1S/C29H42N6O3SSi/c1-5-38-28(36)22-12-14-34(15-13-22)23-18-25-24(30-19-23)10-11-26(31-25)35(20-37-16-17-40(2,3)4)29-33-32-27(39-29)21-8-6-7-9-21/h10-11,18-19,21-22H,5-9,12-17,20H2,1-4H3. The van der Waals surface area contributed by atoms with Crippen LogP contribution in [0.3, 0.4) is 0 Å². The number of piperidine rings is 1. The first-order chi connectivity index (χ1) is 19.3. The first-order valence-electron chi connectivity index (χ1n) is 14.7. The van der Waals surface area contributed by atoms with Gasteiger partial charge < -0.3 is 14.4 Å². The van der Waals surface area contributed by atoms with Gasteiger partial charge in [-0.1, -0.05) is 43.8 Å². The number of aromatic nitrogens is 4. The molecular formula is C29H42N6O3SSi. The van der Waals surface area contributed by atoms with Crippen LogP contribution in [0.1, 0.15) is 56.4 Å². The van der Waals surface area contributed by atoms with Crippen molar-refractivity contribution in [2.75, 3.05) is 42.8 Å². The molecule has 9 nitrogen and oxygen atoms in total. The van der Waals surface area contributed by atoms with Crippen LogP contribution in [0.25, 0.3) is 11.0 Å². The molecule has 0 bridgehead atoms. The third-order valence-corrected chi connectivity index (χ3v) is 10.7. The lowest BCUT2D eigenvalue weighted by Crippen LogP contribution is -2.37. The van der Waals surface area contributed by atoms with Crippen molar-refractivity contribution in [2.24, 2.45) is 5.92 Å². The third-order valence-electron chi connectivity index (χ3n) is 7.85. The molecule has 0 spiro atoms. The zero-order valence-electron chi connectivity index (χ0n) is 24.3. The van der Waals surface area contributed by atoms with E-state index in [4.69, 9.17) is 19.4 Å². The summed E-state index contributed by atoms with van der Waals surface area (Å²) in [7, 11) is -1.20. The molecule has 3 aromatic rings. The molecule has 5 rings (SSSR count). The van der Waals surface area contributed by atoms with Gasteiger partial charge in [-0.05, 0) is 56.9 Å². The van der Waals surface area contributed by atoms with E-state index in [1.165, 1.54) is 25.7 Å². The summed E-state index contributed by atoms with van der Waals surface area (Å²) in [5, 5.41) is 11.1. The lowest BCUT2D eigenvalue weighted by Gasteiger charge is -2.32. The molecule has 2 aliphatic rings. The smallest absolute Gasteiger partial charge is 0.309 e. The molecule has 0 atom stereocenters. The van der Waals surface area contributed by atoms with Gasteiger partial charge in [-0.15, -0.1) is 10.2 Å². The van der Waals surface area contributed by atoms with E-state index in [1.54, 1.807) is 11.3 Å². The number of rotatable bonds is 11. The number of ether oxygens (including phenoxy) is 2. The molecule has 3 aromatic heterocycles. The third kappa shape index (κ3) is 7.16. The molecule has 1 saturated carbocycles. The molecule has 0 aromatic carbocycles. The Balaban J connectivity index is 1.35. The average molecular weight is 583 g/mol. The number of hydrogen-bond acceptors (Lipinski definition) is 10. The van der Waals surface area contributed by atoms with Crippen LogP contribution in [0.15, 0.2) is 24.4 Å². The van der Waals surface area contributed by atoms with E-state index in [0.717, 1.165) is 71.3 Å². The van der Waals surface area contributed by atoms with E-state index in [-0.39, 0.29) is 11.9 Å². The van der Waals surface area contributed by atoms with E-state index in [1.807, 2.05) is 25.3 Å². The Bertz CT molecular complexity index is 1280. The number of fused-ring (bicyclic) bond motifs is 1. The van der Waals surface area contributed by atoms with E-state index >= 15 is 0 Å². The normalized spacial score (nSPS) is 17.1. The van der Waals surface area contributed by atoms with Gasteiger partial charge in [-0.3, -0.25) is 14.7 Å². The van der Waals surface area contributed by atoms with Crippen LogP contribution in [0.2, 0.25) is 25.7 Å². The van der Waals surface area contributed by atoms with Gasteiger partial charge in [0.25, 0.3) is 0 Å². The van der Waals surface area contributed by atoms with Crippen molar-refractivity contribution >= 4 is 53.1 Å². The van der Waals surface area contributed by atoms with E-state index in [2.05, 4.69) is 45.7 Å². The van der Waals surface area contributed by atoms with Gasteiger partial charge in [0.05, 0.1) is 35.4 Å². The predicted molar refractivity (Wildman–Crippen MR) is 163 cm³/mol. The number of carbonyl (C=O) groups excluding carboxylic acids is 1. The Morgan fingerprint density at radius 2 is 1.88 bits per heavy atom. The van der Waals surface area contributed by atoms with Gasteiger partial charge in [0.2, 0.25) is 5.13 Å². The van der Waals surface area contributed by atoms with E-state index in [9.17, 15) is 4.79 Å². The van der Waals surface area contributed by atoms with Gasteiger partial charge in [0.1, 0.15) is 17.6 Å². The maximum absolute atomic E-state index is 12.2. The Morgan fingerprint density at radius 3 is 2.60 bits per heavy atom. The number of anilines is 3. The minimum atomic E-state index is -1.20. The number of nitrogens with zero attached hydrogens (tertiary/aromatic N) is 6. The molecule has 0 amide bonds. The maximum Gasteiger partial charge on any atom is 0.309 e. The maximum atomic E-state index is 12.2. The number of pyridine rings is 2. The Kier molecular flexibility index (Phi) is 9.32. The van der Waals surface area contributed by atoms with Gasteiger partial charge >= 0.3 is 5.97 Å². The zero-order valence-corrected chi connectivity index (χ0v) is 26.1. The van der Waals surface area contributed by atoms with Gasteiger partial charge in [0.15, 0.2) is 0 Å². The summed E-state index contributed by atoms with van der Waals surface area (Å²) in [5.74, 6) is 1.20. The second-order valence-corrected chi connectivity index (χ2v) is 18.7. The SMILES string of the molecule is CCOC(=O)C1CCN(c2cnc3ccc(N(COCC[Si](C)(C)C)c4nnc(C5CCCC5)s4)nc3c2)CC1. The van der Waals surface area contributed by atoms with Crippen LogP contribution in [0.5, 0.6) is 0 Å². The summed E-state index contributed by atoms with van der Waals surface area (Å²) < 4.78 is 11.4. The van der Waals surface area contributed by atoms with Gasteiger partial charge in [-0.2, -0.15) is 0 Å². The summed E-state index contributed by atoms with van der Waals surface area (Å²) in [6.45, 7) is 12.1. The molecule has 1 saturated heterocycles. The van der Waals surface area contributed by atoms with Gasteiger partial charge in [-0.25, -0.2) is 4.98 Å². The van der Waals surface area contributed by atoms with Crippen LogP contribution in [0.4, 0.5) is 16.6 Å². The van der Waals surface area contributed by atoms with Crippen LogP contribution < -0.4 is 9.80 Å². The van der Waals surface area contributed by atoms with Crippen molar-refractivity contribution in [1.29, 1.82) is 0 Å². The van der Waals surface area contributed by atoms with Crippen molar-refractivity contribution in [2.45, 2.75) is 77.1 Å². The van der Waals surface area contributed by atoms with Crippen LogP contribution in [-0.2, 0) is 14.3 Å². The van der Waals surface area contributed by atoms with Gasteiger partial charge in [0, 0.05) is 33.7 Å². The topological polar surface area (TPSA) is 93.6 Å². The summed E-state index contributed by atoms with van der Waals surface area (Å²) >= 11 is 1.66. The minimum Gasteiger partial charge on any atom is -0.466 e. The van der Waals surface area contributed by atoms with Crippen molar-refractivity contribution < 1.29 is 14.3 Å². The molecule has 0 unspecified atom stereocenters. The highest BCUT2D eigenvalue weighted by Gasteiger charge is 2.27. The van der Waals surface area contributed by atoms with E-state index in [0.29, 0.717) is 19.3 Å². The second-order valence-electron chi connectivity index (χ2n) is 12.1. The molecule has 1 aliphatic carbocycles. The fourth-order valence-electron chi connectivity index (χ4n) is 5.37. The highest BCUT2D eigenvalue weighted by atomic mass is 32.1. The largest absolute Gasteiger partial charge is 0.466 e. The molecule has 2 fully saturated rings. The van der Waals surface area contributed by atoms with Crippen molar-refractivity contribution in [3.63, 3.8) is 0 Å². The number of hydrogen-bond donors (Lipinski definition) is 0. The molecule has 11 heteroatoms. The summed E-state index contributed by atoms with van der Waals surface area (Å²) in [6.07, 6.45) is 8.41. The van der Waals surface area contributed by atoms with Crippen molar-refractivity contribution in [1.82, 2.24) is 20.2 Å². The lowest BCUT2D eigenvalue weighted by atomic mass is 9.97. The Morgan fingerprint density at radius 1 is 1.10 bits per heavy atom. The van der Waals surface area contributed by atoms with Crippen molar-refractivity contribution in [3.8, 4) is 0 Å². The fourth-order valence-corrected chi connectivity index (χ4v) is 7.13. The fraction of sp³-hybridized carbons (Fsp3) is 0.621. The number of carbonyl (C=O) groups is 1. The summed E-state index contributed by atoms with van der Waals surface area (Å²) in [6, 6.07) is 7.22. The molecular weight excluding hydrogens is 541 g/mol. The molecule has 0 radical (unpaired) electrons. The first kappa shape index (κ1) is 28.9. The average Bonchev–Trinajstić information content (AvgIpc) is 3.65. The summed E-state index contributed by atoms with van der Waals surface area (Å²) in [5.41, 5.74) is 2.70. The van der Waals surface area contributed by atoms with Crippen LogP contribution >= 0.6 is 11.3 Å². The predicted octanol–water partition coefficient (Wildman–Crippen LogP) is 6.37. The number of esters is 1. The highest BCUT2D eigenvalue weighted by molar-refractivity contribution is 7.15. The highest BCUT2D eigenvalue weighted by Crippen LogP contribution is 2.38. The zero-order chi connectivity index (χ0) is 28.1. The molecule has 40 heavy (non-hydrogen) atoms. The van der Waals surface area contributed by atoms with Crippen molar-refractivity contribution in [3.05, 3.63) is 29.4 Å². The van der Waals surface area contributed by atoms with E-state index < -0.39 is 8.07 Å². The molecule has 216 valence electrons.